The third kappa shape index (κ3) is 3.51. The van der Waals surface area contributed by atoms with Crippen LogP contribution >= 0.6 is 0 Å². The summed E-state index contributed by atoms with van der Waals surface area (Å²) in [7, 11) is 0. The Morgan fingerprint density at radius 2 is 2.00 bits per heavy atom. The van der Waals surface area contributed by atoms with E-state index in [0.29, 0.717) is 12.2 Å². The molecule has 18 heavy (non-hydrogen) atoms. The van der Waals surface area contributed by atoms with Gasteiger partial charge >= 0.3 is 0 Å². The third-order valence-corrected chi connectivity index (χ3v) is 3.15. The van der Waals surface area contributed by atoms with Gasteiger partial charge in [0.15, 0.2) is 0 Å². The largest absolute Gasteiger partial charge is 0.389 e. The summed E-state index contributed by atoms with van der Waals surface area (Å²) in [4.78, 5) is 11.5. The van der Waals surface area contributed by atoms with Gasteiger partial charge in [-0.25, -0.2) is 4.39 Å². The van der Waals surface area contributed by atoms with Crippen molar-refractivity contribution < 1.29 is 14.3 Å². The lowest BCUT2D eigenvalue weighted by Crippen LogP contribution is -2.47. The molecule has 0 radical (unpaired) electrons. The molecule has 4 nitrogen and oxygen atoms in total. The van der Waals surface area contributed by atoms with Crippen molar-refractivity contribution in [3.63, 3.8) is 0 Å². The van der Waals surface area contributed by atoms with Crippen LogP contribution in [0.25, 0.3) is 0 Å². The summed E-state index contributed by atoms with van der Waals surface area (Å²) in [5.41, 5.74) is -0.0681. The minimum absolute atomic E-state index is 0.139. The molecule has 1 aromatic rings. The third-order valence-electron chi connectivity index (χ3n) is 3.15. The molecule has 1 amide bonds. The number of hydrogen-bond donors (Lipinski definition) is 3. The number of benzene rings is 1. The summed E-state index contributed by atoms with van der Waals surface area (Å²) in [6, 6.07) is 5.60. The van der Waals surface area contributed by atoms with Gasteiger partial charge in [0.2, 0.25) is 5.91 Å². The van der Waals surface area contributed by atoms with Crippen LogP contribution in [0.2, 0.25) is 0 Å². The molecule has 0 aliphatic heterocycles. The molecule has 98 valence electrons. The Hall–Kier alpha value is -1.46. The van der Waals surface area contributed by atoms with Crippen LogP contribution in [0.15, 0.2) is 24.3 Å². The van der Waals surface area contributed by atoms with Gasteiger partial charge in [-0.1, -0.05) is 0 Å². The van der Waals surface area contributed by atoms with Gasteiger partial charge in [-0.05, 0) is 43.5 Å². The highest BCUT2D eigenvalue weighted by Crippen LogP contribution is 2.30. The Bertz CT molecular complexity index is 416. The summed E-state index contributed by atoms with van der Waals surface area (Å²) in [5, 5.41) is 15.4. The number of rotatable bonds is 5. The van der Waals surface area contributed by atoms with E-state index in [0.717, 1.165) is 19.3 Å². The molecule has 1 aliphatic carbocycles. The summed E-state index contributed by atoms with van der Waals surface area (Å²) in [6.45, 7) is 0.573. The van der Waals surface area contributed by atoms with Crippen LogP contribution in [0.3, 0.4) is 0 Å². The Kier molecular flexibility index (Phi) is 3.93. The van der Waals surface area contributed by atoms with Crippen LogP contribution < -0.4 is 10.6 Å². The summed E-state index contributed by atoms with van der Waals surface area (Å²) < 4.78 is 12.7. The standard InChI is InChI=1S/C13H17FN2O2/c14-10-2-4-11(5-3-10)16-12(17)8-15-9-13(18)6-1-7-13/h2-5,15,18H,1,6-9H2,(H,16,17). The van der Waals surface area contributed by atoms with Crippen molar-refractivity contribution in [2.45, 2.75) is 24.9 Å². The maximum atomic E-state index is 12.7. The van der Waals surface area contributed by atoms with Gasteiger partial charge < -0.3 is 15.7 Å². The number of halogens is 1. The zero-order valence-electron chi connectivity index (χ0n) is 10.1. The monoisotopic (exact) mass is 252 g/mol. The van der Waals surface area contributed by atoms with Gasteiger partial charge in [0, 0.05) is 12.2 Å². The molecule has 0 aromatic heterocycles. The topological polar surface area (TPSA) is 61.4 Å². The maximum absolute atomic E-state index is 12.7. The van der Waals surface area contributed by atoms with Crippen molar-refractivity contribution >= 4 is 11.6 Å². The van der Waals surface area contributed by atoms with Gasteiger partial charge in [-0.3, -0.25) is 4.79 Å². The van der Waals surface area contributed by atoms with Crippen molar-refractivity contribution in [3.05, 3.63) is 30.1 Å². The highest BCUT2D eigenvalue weighted by molar-refractivity contribution is 5.92. The molecule has 3 N–H and O–H groups in total. The molecule has 0 spiro atoms. The van der Waals surface area contributed by atoms with Crippen LogP contribution in [-0.2, 0) is 4.79 Å². The number of aliphatic hydroxyl groups is 1. The Morgan fingerprint density at radius 3 is 2.56 bits per heavy atom. The number of carbonyl (C=O) groups excluding carboxylic acids is 1. The lowest BCUT2D eigenvalue weighted by atomic mass is 9.80. The second-order valence-corrected chi connectivity index (χ2v) is 4.74. The van der Waals surface area contributed by atoms with E-state index in [4.69, 9.17) is 0 Å². The number of anilines is 1. The zero-order chi connectivity index (χ0) is 13.0. The lowest BCUT2D eigenvalue weighted by molar-refractivity contribution is -0.115. The SMILES string of the molecule is O=C(CNCC1(O)CCC1)Nc1ccc(F)cc1. The number of nitrogens with one attached hydrogen (secondary N) is 2. The van der Waals surface area contributed by atoms with E-state index >= 15 is 0 Å². The van der Waals surface area contributed by atoms with E-state index in [2.05, 4.69) is 10.6 Å². The summed E-state index contributed by atoms with van der Waals surface area (Å²) >= 11 is 0. The molecular formula is C13H17FN2O2. The highest BCUT2D eigenvalue weighted by Gasteiger charge is 2.33. The normalized spacial score (nSPS) is 17.0. The first-order valence-electron chi connectivity index (χ1n) is 6.06. The fourth-order valence-corrected chi connectivity index (χ4v) is 1.91. The van der Waals surface area contributed by atoms with E-state index in [1.165, 1.54) is 24.3 Å². The van der Waals surface area contributed by atoms with Crippen LogP contribution in [0.4, 0.5) is 10.1 Å². The molecule has 1 aliphatic rings. The predicted octanol–water partition coefficient (Wildman–Crippen LogP) is 1.27. The van der Waals surface area contributed by atoms with Crippen molar-refractivity contribution in [3.8, 4) is 0 Å². The molecule has 0 saturated heterocycles. The number of hydrogen-bond acceptors (Lipinski definition) is 3. The second-order valence-electron chi connectivity index (χ2n) is 4.74. The first-order valence-corrected chi connectivity index (χ1v) is 6.06. The fourth-order valence-electron chi connectivity index (χ4n) is 1.91. The average molecular weight is 252 g/mol. The van der Waals surface area contributed by atoms with Crippen LogP contribution in [0, 0.1) is 5.82 Å². The van der Waals surface area contributed by atoms with E-state index in [9.17, 15) is 14.3 Å². The van der Waals surface area contributed by atoms with Crippen molar-refractivity contribution in [1.82, 2.24) is 5.32 Å². The van der Waals surface area contributed by atoms with Crippen LogP contribution in [0.5, 0.6) is 0 Å². The quantitative estimate of drug-likeness (QED) is 0.739. The zero-order valence-corrected chi connectivity index (χ0v) is 10.1. The van der Waals surface area contributed by atoms with Gasteiger partial charge in [-0.2, -0.15) is 0 Å². The Morgan fingerprint density at radius 1 is 1.33 bits per heavy atom. The molecule has 0 atom stereocenters. The van der Waals surface area contributed by atoms with Crippen LogP contribution in [0.1, 0.15) is 19.3 Å². The van der Waals surface area contributed by atoms with Crippen molar-refractivity contribution in [1.29, 1.82) is 0 Å². The van der Waals surface area contributed by atoms with Crippen molar-refractivity contribution in [2.75, 3.05) is 18.4 Å². The van der Waals surface area contributed by atoms with Crippen molar-refractivity contribution in [2.24, 2.45) is 0 Å². The first-order chi connectivity index (χ1) is 8.57. The molecule has 0 unspecified atom stereocenters. The van der Waals surface area contributed by atoms with E-state index in [1.54, 1.807) is 0 Å². The molecule has 0 bridgehead atoms. The van der Waals surface area contributed by atoms with Crippen LogP contribution in [-0.4, -0.2) is 29.7 Å². The fraction of sp³-hybridized carbons (Fsp3) is 0.462. The minimum atomic E-state index is -0.629. The molecular weight excluding hydrogens is 235 g/mol. The molecule has 5 heteroatoms. The molecule has 1 aromatic carbocycles. The second kappa shape index (κ2) is 5.46. The smallest absolute Gasteiger partial charge is 0.238 e. The molecule has 1 saturated carbocycles. The lowest BCUT2D eigenvalue weighted by Gasteiger charge is -2.36. The van der Waals surface area contributed by atoms with E-state index in [-0.39, 0.29) is 18.3 Å². The van der Waals surface area contributed by atoms with E-state index in [1.807, 2.05) is 0 Å². The maximum Gasteiger partial charge on any atom is 0.238 e. The highest BCUT2D eigenvalue weighted by atomic mass is 19.1. The van der Waals surface area contributed by atoms with Gasteiger partial charge in [0.25, 0.3) is 0 Å². The first kappa shape index (κ1) is 13.0. The molecule has 0 heterocycles. The van der Waals surface area contributed by atoms with Gasteiger partial charge in [0.1, 0.15) is 5.82 Å². The number of amides is 1. The molecule has 1 fully saturated rings. The Labute approximate surface area is 105 Å². The Balaban J connectivity index is 1.70. The van der Waals surface area contributed by atoms with Gasteiger partial charge in [-0.15, -0.1) is 0 Å². The summed E-state index contributed by atoms with van der Waals surface area (Å²) in [6.07, 6.45) is 2.62. The van der Waals surface area contributed by atoms with E-state index < -0.39 is 5.60 Å². The molecule has 2 rings (SSSR count). The minimum Gasteiger partial charge on any atom is -0.389 e. The average Bonchev–Trinajstić information content (AvgIpc) is 2.30. The number of carbonyl (C=O) groups is 1. The predicted molar refractivity (Wildman–Crippen MR) is 66.7 cm³/mol. The van der Waals surface area contributed by atoms with Gasteiger partial charge in [0.05, 0.1) is 12.1 Å². The summed E-state index contributed by atoms with van der Waals surface area (Å²) in [5.74, 6) is -0.539.